The summed E-state index contributed by atoms with van der Waals surface area (Å²) in [6.07, 6.45) is 0. The second kappa shape index (κ2) is 7.35. The Morgan fingerprint density at radius 2 is 1.72 bits per heavy atom. The number of anilines is 1. The zero-order chi connectivity index (χ0) is 20.4. The molecule has 2 aromatic heterocycles. The van der Waals surface area contributed by atoms with Gasteiger partial charge in [-0.2, -0.15) is 9.97 Å². The van der Waals surface area contributed by atoms with Crippen LogP contribution >= 0.6 is 0 Å². The van der Waals surface area contributed by atoms with E-state index >= 15 is 0 Å². The van der Waals surface area contributed by atoms with Crippen molar-refractivity contribution >= 4 is 28.7 Å². The lowest BCUT2D eigenvalue weighted by molar-refractivity contribution is 0.0986. The van der Waals surface area contributed by atoms with Crippen LogP contribution in [-0.2, 0) is 6.54 Å². The van der Waals surface area contributed by atoms with Gasteiger partial charge in [-0.15, -0.1) is 0 Å². The monoisotopic (exact) mass is 389 g/mol. The predicted molar refractivity (Wildman–Crippen MR) is 104 cm³/mol. The first-order valence-corrected chi connectivity index (χ1v) is 8.55. The van der Waals surface area contributed by atoms with Gasteiger partial charge in [-0.3, -0.25) is 9.59 Å². The second-order valence-electron chi connectivity index (χ2n) is 6.09. The predicted octanol–water partition coefficient (Wildman–Crippen LogP) is 1.49. The number of hydrogen-bond acceptors (Lipinski definition) is 8. The minimum Gasteiger partial charge on any atom is -0.366 e. The Bertz CT molecular complexity index is 1220. The quantitative estimate of drug-likeness (QED) is 0.446. The molecule has 0 saturated carbocycles. The molecule has 0 atom stereocenters. The molecule has 0 fully saturated rings. The van der Waals surface area contributed by atoms with E-state index in [0.29, 0.717) is 11.9 Å². The minimum atomic E-state index is -0.821. The summed E-state index contributed by atoms with van der Waals surface area (Å²) in [6, 6.07) is 14.4. The lowest BCUT2D eigenvalue weighted by Crippen LogP contribution is -2.18. The van der Waals surface area contributed by atoms with Crippen molar-refractivity contribution in [1.29, 1.82) is 0 Å². The Labute approximate surface area is 163 Å². The van der Waals surface area contributed by atoms with Crippen LogP contribution < -0.4 is 16.8 Å². The first-order chi connectivity index (χ1) is 14.0. The number of aromatic nitrogens is 4. The largest absolute Gasteiger partial charge is 0.366 e. The van der Waals surface area contributed by atoms with E-state index in [2.05, 4.69) is 25.4 Å². The fourth-order valence-corrected chi connectivity index (χ4v) is 2.77. The number of nitrogens with zero attached hydrogens (tertiary/aromatic N) is 4. The molecule has 0 aliphatic rings. The maximum absolute atomic E-state index is 11.7. The van der Waals surface area contributed by atoms with Crippen molar-refractivity contribution in [2.45, 2.75) is 6.54 Å². The zero-order valence-corrected chi connectivity index (χ0v) is 15.0. The minimum absolute atomic E-state index is 0.0495. The molecule has 4 rings (SSSR count). The lowest BCUT2D eigenvalue weighted by Gasteiger charge is -2.07. The van der Waals surface area contributed by atoms with Gasteiger partial charge in [0.05, 0.1) is 10.9 Å². The van der Waals surface area contributed by atoms with Gasteiger partial charge >= 0.3 is 0 Å². The number of primary amides is 2. The van der Waals surface area contributed by atoms with Crippen molar-refractivity contribution in [2.75, 3.05) is 5.32 Å². The van der Waals surface area contributed by atoms with Crippen LogP contribution in [0.4, 0.5) is 5.95 Å². The molecule has 10 heteroatoms. The molecule has 5 N–H and O–H groups in total. The van der Waals surface area contributed by atoms with E-state index in [4.69, 9.17) is 16.0 Å². The molecular formula is C19H15N7O3. The van der Waals surface area contributed by atoms with Gasteiger partial charge in [-0.05, 0) is 17.7 Å². The molecule has 4 aromatic rings. The summed E-state index contributed by atoms with van der Waals surface area (Å²) in [5, 5.41) is 7.40. The smallest absolute Gasteiger partial charge is 0.286 e. The molecule has 2 amide bonds. The van der Waals surface area contributed by atoms with Crippen LogP contribution in [0.15, 0.2) is 53.1 Å². The Balaban J connectivity index is 1.76. The molecule has 144 valence electrons. The van der Waals surface area contributed by atoms with E-state index in [1.165, 1.54) is 6.07 Å². The number of nitrogens with one attached hydrogen (secondary N) is 1. The van der Waals surface area contributed by atoms with Gasteiger partial charge in [0, 0.05) is 6.54 Å². The van der Waals surface area contributed by atoms with Crippen molar-refractivity contribution in [3.63, 3.8) is 0 Å². The maximum atomic E-state index is 11.7. The highest BCUT2D eigenvalue weighted by Gasteiger charge is 2.20. The van der Waals surface area contributed by atoms with E-state index < -0.39 is 11.8 Å². The van der Waals surface area contributed by atoms with Crippen LogP contribution in [0.25, 0.3) is 22.5 Å². The van der Waals surface area contributed by atoms with Crippen LogP contribution in [0, 0.1) is 0 Å². The average molecular weight is 389 g/mol. The standard InChI is InChI=1S/C19H15N7O3/c20-15(27)12-8-4-7-11-13(12)26-29-14(11)17-23-18(16(21)28)25-19(24-17)22-9-10-5-2-1-3-6-10/h1-8H,9H2,(H2,20,27)(H2,21,28)(H,22,23,24,25). The number of carbonyl (C=O) groups is 2. The van der Waals surface area contributed by atoms with Gasteiger partial charge in [0.25, 0.3) is 11.8 Å². The van der Waals surface area contributed by atoms with E-state index in [9.17, 15) is 9.59 Å². The summed E-state index contributed by atoms with van der Waals surface area (Å²) in [5.74, 6) is -1.35. The van der Waals surface area contributed by atoms with Crippen molar-refractivity contribution in [1.82, 2.24) is 20.1 Å². The van der Waals surface area contributed by atoms with Crippen LogP contribution in [0.3, 0.4) is 0 Å². The van der Waals surface area contributed by atoms with Gasteiger partial charge in [-0.1, -0.05) is 41.6 Å². The van der Waals surface area contributed by atoms with Gasteiger partial charge < -0.3 is 21.3 Å². The zero-order valence-electron chi connectivity index (χ0n) is 15.0. The third kappa shape index (κ3) is 3.58. The second-order valence-corrected chi connectivity index (χ2v) is 6.09. The van der Waals surface area contributed by atoms with Gasteiger partial charge in [-0.25, -0.2) is 4.98 Å². The number of benzene rings is 2. The summed E-state index contributed by atoms with van der Waals surface area (Å²) in [6.45, 7) is 0.422. The molecule has 29 heavy (non-hydrogen) atoms. The SMILES string of the molecule is NC(=O)c1nc(NCc2ccccc2)nc(-c2onc3c(C(N)=O)cccc23)n1. The normalized spacial score (nSPS) is 10.8. The number of carbonyl (C=O) groups excluding carboxylic acids is 2. The summed E-state index contributed by atoms with van der Waals surface area (Å²) < 4.78 is 5.35. The van der Waals surface area contributed by atoms with Gasteiger partial charge in [0.1, 0.15) is 5.52 Å². The third-order valence-electron chi connectivity index (χ3n) is 4.13. The molecular weight excluding hydrogens is 374 g/mol. The van der Waals surface area contributed by atoms with Crippen LogP contribution in [0.1, 0.15) is 26.5 Å². The number of amides is 2. The molecule has 2 aromatic carbocycles. The lowest BCUT2D eigenvalue weighted by atomic mass is 10.1. The molecule has 0 unspecified atom stereocenters. The summed E-state index contributed by atoms with van der Waals surface area (Å²) in [5.41, 5.74) is 12.2. The molecule has 0 aliphatic carbocycles. The first-order valence-electron chi connectivity index (χ1n) is 8.55. The highest BCUT2D eigenvalue weighted by atomic mass is 16.5. The Hall–Kier alpha value is -4.34. The first kappa shape index (κ1) is 18.0. The third-order valence-corrected chi connectivity index (χ3v) is 4.13. The fourth-order valence-electron chi connectivity index (χ4n) is 2.77. The van der Waals surface area contributed by atoms with Gasteiger partial charge in [0.2, 0.25) is 23.4 Å². The van der Waals surface area contributed by atoms with E-state index in [-0.39, 0.29) is 34.4 Å². The highest BCUT2D eigenvalue weighted by Crippen LogP contribution is 2.28. The summed E-state index contributed by atoms with van der Waals surface area (Å²) >= 11 is 0. The molecule has 0 saturated heterocycles. The van der Waals surface area contributed by atoms with Crippen LogP contribution in [0.2, 0.25) is 0 Å². The Morgan fingerprint density at radius 3 is 2.45 bits per heavy atom. The number of rotatable bonds is 6. The van der Waals surface area contributed by atoms with Crippen molar-refractivity contribution in [3.05, 3.63) is 65.5 Å². The fraction of sp³-hybridized carbons (Fsp3) is 0.0526. The summed E-state index contributed by atoms with van der Waals surface area (Å²) in [4.78, 5) is 35.7. The van der Waals surface area contributed by atoms with Crippen molar-refractivity contribution in [3.8, 4) is 11.6 Å². The number of nitrogens with two attached hydrogens (primary N) is 2. The number of hydrogen-bond donors (Lipinski definition) is 3. The van der Waals surface area contributed by atoms with Gasteiger partial charge in [0.15, 0.2) is 0 Å². The molecule has 0 spiro atoms. The van der Waals surface area contributed by atoms with Crippen molar-refractivity contribution in [2.24, 2.45) is 11.5 Å². The number of fused-ring (bicyclic) bond motifs is 1. The van der Waals surface area contributed by atoms with E-state index in [0.717, 1.165) is 5.56 Å². The Morgan fingerprint density at radius 1 is 0.931 bits per heavy atom. The highest BCUT2D eigenvalue weighted by molar-refractivity contribution is 6.07. The van der Waals surface area contributed by atoms with Crippen LogP contribution in [-0.4, -0.2) is 31.9 Å². The summed E-state index contributed by atoms with van der Waals surface area (Å²) in [7, 11) is 0. The maximum Gasteiger partial charge on any atom is 0.286 e. The Kier molecular flexibility index (Phi) is 4.57. The molecule has 0 aliphatic heterocycles. The molecule has 0 radical (unpaired) electrons. The average Bonchev–Trinajstić information content (AvgIpc) is 3.17. The molecule has 2 heterocycles. The topological polar surface area (TPSA) is 163 Å². The van der Waals surface area contributed by atoms with Crippen LogP contribution in [0.5, 0.6) is 0 Å². The van der Waals surface area contributed by atoms with Crippen molar-refractivity contribution < 1.29 is 14.1 Å². The molecule has 10 nitrogen and oxygen atoms in total. The van der Waals surface area contributed by atoms with E-state index in [1.54, 1.807) is 12.1 Å². The van der Waals surface area contributed by atoms with E-state index in [1.807, 2.05) is 30.3 Å². The molecule has 0 bridgehead atoms.